The molecular formula is C17H24N2O2. The lowest BCUT2D eigenvalue weighted by Crippen LogP contribution is -2.29. The molecule has 2 aromatic rings. The molecule has 0 spiro atoms. The number of aliphatic carboxylic acids is 1. The number of nitrogens with zero attached hydrogens (tertiary/aromatic N) is 1. The van der Waals surface area contributed by atoms with Crippen LogP contribution in [-0.2, 0) is 17.9 Å². The molecule has 21 heavy (non-hydrogen) atoms. The number of hydrogen-bond acceptors (Lipinski definition) is 2. The van der Waals surface area contributed by atoms with Gasteiger partial charge in [-0.1, -0.05) is 25.1 Å². The van der Waals surface area contributed by atoms with Crippen LogP contribution in [0.15, 0.2) is 30.5 Å². The highest BCUT2D eigenvalue weighted by Gasteiger charge is 2.28. The second-order valence-electron chi connectivity index (χ2n) is 6.16. The van der Waals surface area contributed by atoms with Crippen molar-refractivity contribution < 1.29 is 9.90 Å². The fourth-order valence-corrected chi connectivity index (χ4v) is 2.51. The van der Waals surface area contributed by atoms with E-state index in [4.69, 9.17) is 0 Å². The monoisotopic (exact) mass is 288 g/mol. The van der Waals surface area contributed by atoms with E-state index in [1.54, 1.807) is 13.8 Å². The second kappa shape index (κ2) is 6.31. The van der Waals surface area contributed by atoms with E-state index in [1.165, 1.54) is 5.56 Å². The zero-order chi connectivity index (χ0) is 15.5. The first-order chi connectivity index (χ1) is 9.95. The molecule has 4 nitrogen and oxygen atoms in total. The standard InChI is InChI=1S/C17H24N2O2/c1-4-9-18-11-14-7-5-6-13-8-10-19(15(13)14)12-17(2,3)16(20)21/h5-8,10,18H,4,9,11-12H2,1-3H3,(H,20,21). The second-order valence-corrected chi connectivity index (χ2v) is 6.16. The molecule has 114 valence electrons. The summed E-state index contributed by atoms with van der Waals surface area (Å²) in [5.41, 5.74) is 1.57. The molecule has 0 fully saturated rings. The summed E-state index contributed by atoms with van der Waals surface area (Å²) in [5.74, 6) is -0.772. The van der Waals surface area contributed by atoms with Crippen LogP contribution in [0.3, 0.4) is 0 Å². The number of rotatable bonds is 7. The summed E-state index contributed by atoms with van der Waals surface area (Å²) >= 11 is 0. The Kier molecular flexibility index (Phi) is 4.68. The third kappa shape index (κ3) is 3.45. The van der Waals surface area contributed by atoms with Gasteiger partial charge < -0.3 is 15.0 Å². The molecular weight excluding hydrogens is 264 g/mol. The number of aromatic nitrogens is 1. The van der Waals surface area contributed by atoms with Crippen molar-refractivity contribution in [2.24, 2.45) is 5.41 Å². The minimum absolute atomic E-state index is 0.469. The van der Waals surface area contributed by atoms with Crippen LogP contribution in [0.25, 0.3) is 10.9 Å². The van der Waals surface area contributed by atoms with Crippen molar-refractivity contribution in [2.75, 3.05) is 6.54 Å². The molecule has 1 aromatic heterocycles. The topological polar surface area (TPSA) is 54.3 Å². The van der Waals surface area contributed by atoms with Crippen LogP contribution in [0.2, 0.25) is 0 Å². The molecule has 4 heteroatoms. The summed E-state index contributed by atoms with van der Waals surface area (Å²) in [4.78, 5) is 11.4. The van der Waals surface area contributed by atoms with Gasteiger partial charge in [0.1, 0.15) is 0 Å². The summed E-state index contributed by atoms with van der Waals surface area (Å²) in [6, 6.07) is 8.28. The van der Waals surface area contributed by atoms with Crippen molar-refractivity contribution in [2.45, 2.75) is 40.3 Å². The van der Waals surface area contributed by atoms with Crippen LogP contribution in [0.4, 0.5) is 0 Å². The van der Waals surface area contributed by atoms with Gasteiger partial charge in [0.25, 0.3) is 0 Å². The van der Waals surface area contributed by atoms with Gasteiger partial charge in [-0.25, -0.2) is 0 Å². The van der Waals surface area contributed by atoms with Gasteiger partial charge in [-0.2, -0.15) is 0 Å². The predicted molar refractivity (Wildman–Crippen MR) is 85.4 cm³/mol. The number of benzene rings is 1. The molecule has 0 aliphatic rings. The Bertz CT molecular complexity index is 629. The van der Waals surface area contributed by atoms with Gasteiger partial charge in [0.05, 0.1) is 10.9 Å². The minimum atomic E-state index is -0.782. The normalized spacial score (nSPS) is 12.0. The third-order valence-electron chi connectivity index (χ3n) is 3.76. The van der Waals surface area contributed by atoms with Crippen molar-refractivity contribution >= 4 is 16.9 Å². The predicted octanol–water partition coefficient (Wildman–Crippen LogP) is 3.25. The summed E-state index contributed by atoms with van der Waals surface area (Å²) in [5, 5.41) is 13.9. The number of fused-ring (bicyclic) bond motifs is 1. The minimum Gasteiger partial charge on any atom is -0.481 e. The van der Waals surface area contributed by atoms with Gasteiger partial charge in [0.15, 0.2) is 0 Å². The molecule has 0 bridgehead atoms. The van der Waals surface area contributed by atoms with Gasteiger partial charge in [-0.15, -0.1) is 0 Å². The van der Waals surface area contributed by atoms with Crippen LogP contribution in [0, 0.1) is 5.41 Å². The zero-order valence-electron chi connectivity index (χ0n) is 13.0. The van der Waals surface area contributed by atoms with Crippen LogP contribution >= 0.6 is 0 Å². The number of carboxylic acids is 1. The van der Waals surface area contributed by atoms with E-state index in [1.807, 2.05) is 6.20 Å². The molecule has 2 rings (SSSR count). The van der Waals surface area contributed by atoms with Crippen molar-refractivity contribution in [3.63, 3.8) is 0 Å². The van der Waals surface area contributed by atoms with E-state index in [2.05, 4.69) is 41.1 Å². The van der Waals surface area contributed by atoms with Crippen molar-refractivity contribution in [3.05, 3.63) is 36.0 Å². The fraction of sp³-hybridized carbons (Fsp3) is 0.471. The molecule has 0 aliphatic heterocycles. The van der Waals surface area contributed by atoms with Gasteiger partial charge >= 0.3 is 5.97 Å². The molecule has 1 heterocycles. The highest BCUT2D eigenvalue weighted by molar-refractivity contribution is 5.83. The van der Waals surface area contributed by atoms with Gasteiger partial charge in [0, 0.05) is 19.3 Å². The van der Waals surface area contributed by atoms with Gasteiger partial charge in [-0.05, 0) is 43.8 Å². The van der Waals surface area contributed by atoms with E-state index in [0.717, 1.165) is 30.4 Å². The molecule has 0 radical (unpaired) electrons. The Balaban J connectivity index is 2.34. The Morgan fingerprint density at radius 2 is 2.10 bits per heavy atom. The van der Waals surface area contributed by atoms with E-state index >= 15 is 0 Å². The molecule has 2 N–H and O–H groups in total. The lowest BCUT2D eigenvalue weighted by Gasteiger charge is -2.21. The van der Waals surface area contributed by atoms with E-state index < -0.39 is 11.4 Å². The van der Waals surface area contributed by atoms with Crippen LogP contribution in [0.5, 0.6) is 0 Å². The highest BCUT2D eigenvalue weighted by Crippen LogP contribution is 2.25. The van der Waals surface area contributed by atoms with Crippen molar-refractivity contribution in [1.82, 2.24) is 9.88 Å². The quantitative estimate of drug-likeness (QED) is 0.769. The van der Waals surface area contributed by atoms with E-state index in [9.17, 15) is 9.90 Å². The average Bonchev–Trinajstić information content (AvgIpc) is 2.82. The van der Waals surface area contributed by atoms with Gasteiger partial charge in [-0.3, -0.25) is 4.79 Å². The highest BCUT2D eigenvalue weighted by atomic mass is 16.4. The first-order valence-corrected chi connectivity index (χ1v) is 7.46. The van der Waals surface area contributed by atoms with Crippen molar-refractivity contribution in [3.8, 4) is 0 Å². The lowest BCUT2D eigenvalue weighted by atomic mass is 9.93. The van der Waals surface area contributed by atoms with Crippen LogP contribution < -0.4 is 5.32 Å². The van der Waals surface area contributed by atoms with Crippen LogP contribution in [0.1, 0.15) is 32.8 Å². The SMILES string of the molecule is CCCNCc1cccc2ccn(CC(C)(C)C(=O)O)c12. The molecule has 0 atom stereocenters. The molecule has 1 aromatic carbocycles. The summed E-state index contributed by atoms with van der Waals surface area (Å²) in [6.07, 6.45) is 3.09. The van der Waals surface area contributed by atoms with Crippen LogP contribution in [-0.4, -0.2) is 22.2 Å². The zero-order valence-corrected chi connectivity index (χ0v) is 13.0. The first kappa shape index (κ1) is 15.6. The molecule has 0 saturated heterocycles. The number of carboxylic acid groups (broad SMARTS) is 1. The maximum atomic E-state index is 11.4. The largest absolute Gasteiger partial charge is 0.481 e. The Hall–Kier alpha value is -1.81. The van der Waals surface area contributed by atoms with E-state index in [-0.39, 0.29) is 0 Å². The summed E-state index contributed by atoms with van der Waals surface area (Å²) < 4.78 is 2.06. The van der Waals surface area contributed by atoms with Crippen molar-refractivity contribution in [1.29, 1.82) is 0 Å². The Labute approximate surface area is 125 Å². The number of hydrogen-bond donors (Lipinski definition) is 2. The van der Waals surface area contributed by atoms with E-state index in [0.29, 0.717) is 6.54 Å². The lowest BCUT2D eigenvalue weighted by molar-refractivity contribution is -0.147. The smallest absolute Gasteiger partial charge is 0.310 e. The summed E-state index contributed by atoms with van der Waals surface area (Å²) in [7, 11) is 0. The average molecular weight is 288 g/mol. The Morgan fingerprint density at radius 3 is 2.76 bits per heavy atom. The van der Waals surface area contributed by atoms with Gasteiger partial charge in [0.2, 0.25) is 0 Å². The third-order valence-corrected chi connectivity index (χ3v) is 3.76. The molecule has 0 unspecified atom stereocenters. The number of carbonyl (C=O) groups is 1. The molecule has 0 amide bonds. The maximum absolute atomic E-state index is 11.4. The summed E-state index contributed by atoms with van der Waals surface area (Å²) in [6.45, 7) is 7.93. The number of para-hydroxylation sites is 1. The molecule has 0 aliphatic carbocycles. The number of nitrogens with one attached hydrogen (secondary N) is 1. The first-order valence-electron chi connectivity index (χ1n) is 7.46. The molecule has 0 saturated carbocycles. The maximum Gasteiger partial charge on any atom is 0.310 e. The Morgan fingerprint density at radius 1 is 1.33 bits per heavy atom. The fourth-order valence-electron chi connectivity index (χ4n) is 2.51.